The maximum atomic E-state index is 11.9. The molecule has 0 aliphatic heterocycles. The molecule has 98 valence electrons. The molecule has 1 aromatic carbocycles. The molecule has 1 aliphatic carbocycles. The van der Waals surface area contributed by atoms with Gasteiger partial charge in [0.25, 0.3) is 0 Å². The largest absolute Gasteiger partial charge is 0.494 e. The number of nitrogens with two attached hydrogens (primary N) is 1. The van der Waals surface area contributed by atoms with Crippen LogP contribution in [0.25, 0.3) is 0 Å². The van der Waals surface area contributed by atoms with E-state index in [-0.39, 0.29) is 5.91 Å². The summed E-state index contributed by atoms with van der Waals surface area (Å²) in [6, 6.07) is 6.96. The third-order valence-corrected chi connectivity index (χ3v) is 3.03. The Bertz CT molecular complexity index is 416. The highest BCUT2D eigenvalue weighted by molar-refractivity contribution is 5.94. The molecule has 0 saturated heterocycles. The Morgan fingerprint density at radius 2 is 2.33 bits per heavy atom. The lowest BCUT2D eigenvalue weighted by molar-refractivity contribution is -0.117. The second-order valence-electron chi connectivity index (χ2n) is 4.74. The first-order valence-electron chi connectivity index (χ1n) is 6.48. The molecule has 3 N–H and O–H groups in total. The predicted octanol–water partition coefficient (Wildman–Crippen LogP) is 2.15. The van der Waals surface area contributed by atoms with Gasteiger partial charge in [-0.15, -0.1) is 0 Å². The van der Waals surface area contributed by atoms with Gasteiger partial charge in [0.15, 0.2) is 0 Å². The third kappa shape index (κ3) is 3.74. The Morgan fingerprint density at radius 3 is 3.00 bits per heavy atom. The lowest BCUT2D eigenvalue weighted by atomic mass is 10.1. The van der Waals surface area contributed by atoms with Gasteiger partial charge in [-0.3, -0.25) is 4.79 Å². The fourth-order valence-electron chi connectivity index (χ4n) is 1.88. The Kier molecular flexibility index (Phi) is 4.20. The Morgan fingerprint density at radius 1 is 1.56 bits per heavy atom. The van der Waals surface area contributed by atoms with Gasteiger partial charge in [0.05, 0.1) is 12.6 Å². The van der Waals surface area contributed by atoms with Crippen LogP contribution >= 0.6 is 0 Å². The number of carbonyl (C=O) groups is 1. The molecule has 1 amide bonds. The van der Waals surface area contributed by atoms with E-state index in [9.17, 15) is 4.79 Å². The fourth-order valence-corrected chi connectivity index (χ4v) is 1.88. The molecule has 2 rings (SSSR count). The molecule has 1 fully saturated rings. The molecule has 1 atom stereocenters. The number of amides is 1. The molecule has 0 unspecified atom stereocenters. The molecule has 4 heteroatoms. The molecular weight excluding hydrogens is 228 g/mol. The highest BCUT2D eigenvalue weighted by atomic mass is 16.5. The average molecular weight is 248 g/mol. The summed E-state index contributed by atoms with van der Waals surface area (Å²) in [6.07, 6.45) is 3.21. The van der Waals surface area contributed by atoms with Gasteiger partial charge in [0, 0.05) is 11.8 Å². The van der Waals surface area contributed by atoms with Crippen LogP contribution in [0, 0.1) is 5.92 Å². The second kappa shape index (κ2) is 5.87. The van der Waals surface area contributed by atoms with E-state index in [0.29, 0.717) is 12.5 Å². The first-order chi connectivity index (χ1) is 8.69. The van der Waals surface area contributed by atoms with Crippen molar-refractivity contribution < 1.29 is 9.53 Å². The normalized spacial score (nSPS) is 16.1. The number of hydrogen-bond donors (Lipinski definition) is 2. The molecule has 1 aromatic rings. The van der Waals surface area contributed by atoms with Crippen molar-refractivity contribution in [3.63, 3.8) is 0 Å². The summed E-state index contributed by atoms with van der Waals surface area (Å²) in [4.78, 5) is 11.9. The van der Waals surface area contributed by atoms with Crippen molar-refractivity contribution in [3.05, 3.63) is 24.3 Å². The summed E-state index contributed by atoms with van der Waals surface area (Å²) < 4.78 is 5.38. The van der Waals surface area contributed by atoms with E-state index < -0.39 is 6.04 Å². The van der Waals surface area contributed by atoms with Gasteiger partial charge >= 0.3 is 0 Å². The zero-order valence-electron chi connectivity index (χ0n) is 10.7. The summed E-state index contributed by atoms with van der Waals surface area (Å²) in [5.74, 6) is 1.29. The number of rotatable bonds is 6. The minimum Gasteiger partial charge on any atom is -0.494 e. The van der Waals surface area contributed by atoms with Crippen LogP contribution in [0.15, 0.2) is 24.3 Å². The van der Waals surface area contributed by atoms with Gasteiger partial charge < -0.3 is 15.8 Å². The van der Waals surface area contributed by atoms with E-state index in [4.69, 9.17) is 10.5 Å². The van der Waals surface area contributed by atoms with Gasteiger partial charge in [0.2, 0.25) is 5.91 Å². The van der Waals surface area contributed by atoms with Crippen LogP contribution < -0.4 is 15.8 Å². The second-order valence-corrected chi connectivity index (χ2v) is 4.74. The fraction of sp³-hybridized carbons (Fsp3) is 0.500. The van der Waals surface area contributed by atoms with Crippen LogP contribution in [0.5, 0.6) is 5.75 Å². The van der Waals surface area contributed by atoms with Gasteiger partial charge in [0.1, 0.15) is 5.75 Å². The summed E-state index contributed by atoms with van der Waals surface area (Å²) in [5.41, 5.74) is 6.59. The summed E-state index contributed by atoms with van der Waals surface area (Å²) in [5, 5.41) is 2.83. The monoisotopic (exact) mass is 248 g/mol. The van der Waals surface area contributed by atoms with Crippen LogP contribution in [0.4, 0.5) is 5.69 Å². The van der Waals surface area contributed by atoms with Crippen LogP contribution in [-0.2, 0) is 4.79 Å². The topological polar surface area (TPSA) is 64.3 Å². The van der Waals surface area contributed by atoms with E-state index in [2.05, 4.69) is 5.32 Å². The lowest BCUT2D eigenvalue weighted by Gasteiger charge is -2.12. The van der Waals surface area contributed by atoms with Crippen molar-refractivity contribution in [1.29, 1.82) is 0 Å². The van der Waals surface area contributed by atoms with Crippen molar-refractivity contribution in [2.75, 3.05) is 11.9 Å². The number of benzene rings is 1. The lowest BCUT2D eigenvalue weighted by Crippen LogP contribution is -2.35. The maximum Gasteiger partial charge on any atom is 0.241 e. The highest BCUT2D eigenvalue weighted by Crippen LogP contribution is 2.33. The minimum absolute atomic E-state index is 0.115. The zero-order chi connectivity index (χ0) is 13.0. The standard InChI is InChI=1S/C14H20N2O2/c1-2-18-12-5-3-4-11(9-12)16-14(17)13(15)8-10-6-7-10/h3-5,9-10,13H,2,6-8,15H2,1H3,(H,16,17)/t13-/m0/s1. The van der Waals surface area contributed by atoms with Crippen molar-refractivity contribution in [3.8, 4) is 5.75 Å². The van der Waals surface area contributed by atoms with Crippen LogP contribution in [0.3, 0.4) is 0 Å². The first-order valence-corrected chi connectivity index (χ1v) is 6.48. The van der Waals surface area contributed by atoms with Crippen molar-refractivity contribution in [2.24, 2.45) is 11.7 Å². The van der Waals surface area contributed by atoms with Crippen LogP contribution in [0.1, 0.15) is 26.2 Å². The molecule has 1 aliphatic rings. The van der Waals surface area contributed by atoms with E-state index in [1.807, 2.05) is 31.2 Å². The van der Waals surface area contributed by atoms with Gasteiger partial charge in [-0.2, -0.15) is 0 Å². The summed E-state index contributed by atoms with van der Waals surface area (Å²) >= 11 is 0. The van der Waals surface area contributed by atoms with Gasteiger partial charge in [-0.05, 0) is 31.4 Å². The molecule has 0 heterocycles. The zero-order valence-corrected chi connectivity index (χ0v) is 10.7. The third-order valence-electron chi connectivity index (χ3n) is 3.03. The van der Waals surface area contributed by atoms with Gasteiger partial charge in [-0.1, -0.05) is 18.9 Å². The molecule has 0 spiro atoms. The van der Waals surface area contributed by atoms with E-state index in [0.717, 1.165) is 17.9 Å². The van der Waals surface area contributed by atoms with Crippen molar-refractivity contribution in [2.45, 2.75) is 32.2 Å². The SMILES string of the molecule is CCOc1cccc(NC(=O)[C@@H](N)CC2CC2)c1. The highest BCUT2D eigenvalue weighted by Gasteiger charge is 2.26. The number of carbonyl (C=O) groups excluding carboxylic acids is 1. The molecule has 0 aromatic heterocycles. The minimum atomic E-state index is -0.409. The molecule has 4 nitrogen and oxygen atoms in total. The Hall–Kier alpha value is -1.55. The Balaban J connectivity index is 1.90. The average Bonchev–Trinajstić information content (AvgIpc) is 3.14. The number of anilines is 1. The molecule has 0 radical (unpaired) electrons. The smallest absolute Gasteiger partial charge is 0.241 e. The van der Waals surface area contributed by atoms with Crippen LogP contribution in [-0.4, -0.2) is 18.6 Å². The molecule has 1 saturated carbocycles. The molecule has 0 bridgehead atoms. The number of nitrogens with one attached hydrogen (secondary N) is 1. The van der Waals surface area contributed by atoms with Crippen LogP contribution in [0.2, 0.25) is 0 Å². The van der Waals surface area contributed by atoms with E-state index >= 15 is 0 Å². The first kappa shape index (κ1) is 12.9. The van der Waals surface area contributed by atoms with Crippen molar-refractivity contribution >= 4 is 11.6 Å². The van der Waals surface area contributed by atoms with Gasteiger partial charge in [-0.25, -0.2) is 0 Å². The number of hydrogen-bond acceptors (Lipinski definition) is 3. The Labute approximate surface area is 108 Å². The predicted molar refractivity (Wildman–Crippen MR) is 71.6 cm³/mol. The summed E-state index contributed by atoms with van der Waals surface area (Å²) in [6.45, 7) is 2.54. The summed E-state index contributed by atoms with van der Waals surface area (Å²) in [7, 11) is 0. The number of ether oxygens (including phenoxy) is 1. The van der Waals surface area contributed by atoms with E-state index in [1.54, 1.807) is 0 Å². The molecule has 18 heavy (non-hydrogen) atoms. The van der Waals surface area contributed by atoms with Crippen molar-refractivity contribution in [1.82, 2.24) is 0 Å². The van der Waals surface area contributed by atoms with E-state index in [1.165, 1.54) is 12.8 Å². The quantitative estimate of drug-likeness (QED) is 0.810. The maximum absolute atomic E-state index is 11.9. The molecular formula is C14H20N2O2.